The van der Waals surface area contributed by atoms with Crippen molar-refractivity contribution in [2.45, 2.75) is 6.04 Å². The van der Waals surface area contributed by atoms with Crippen molar-refractivity contribution < 1.29 is 9.53 Å². The lowest BCUT2D eigenvalue weighted by Crippen LogP contribution is -2.50. The predicted octanol–water partition coefficient (Wildman–Crippen LogP) is -0.144. The van der Waals surface area contributed by atoms with Crippen molar-refractivity contribution in [3.63, 3.8) is 0 Å². The van der Waals surface area contributed by atoms with Gasteiger partial charge in [0.15, 0.2) is 22.8 Å². The highest BCUT2D eigenvalue weighted by Gasteiger charge is 2.33. The molecule has 2 saturated heterocycles. The predicted molar refractivity (Wildman–Crippen MR) is 82.9 cm³/mol. The monoisotopic (exact) mass is 333 g/mol. The summed E-state index contributed by atoms with van der Waals surface area (Å²) in [7, 11) is 5.25. The molecule has 2 aliphatic heterocycles. The summed E-state index contributed by atoms with van der Waals surface area (Å²) in [6.45, 7) is 3.67. The van der Waals surface area contributed by atoms with Crippen LogP contribution in [0.1, 0.15) is 6.04 Å². The molecule has 2 radical (unpaired) electrons. The summed E-state index contributed by atoms with van der Waals surface area (Å²) in [5, 5.41) is 8.54. The van der Waals surface area contributed by atoms with Gasteiger partial charge in [-0.1, -0.05) is 5.21 Å². The minimum atomic E-state index is -0.438. The number of carbonyl (C=O) groups excluding carboxylic acids is 1. The maximum absolute atomic E-state index is 11.1. The number of anilines is 1. The quantitative estimate of drug-likeness (QED) is 0.558. The lowest BCUT2D eigenvalue weighted by atomic mass is 10.0. The molecule has 2 aromatic rings. The van der Waals surface area contributed by atoms with Gasteiger partial charge >= 0.3 is 0 Å². The number of amides is 1. The molecule has 4 rings (SSSR count). The van der Waals surface area contributed by atoms with Crippen molar-refractivity contribution >= 4 is 42.2 Å². The first-order chi connectivity index (χ1) is 11.1. The van der Waals surface area contributed by atoms with Crippen LogP contribution < -0.4 is 4.90 Å². The van der Waals surface area contributed by atoms with E-state index in [2.05, 4.69) is 25.2 Å². The summed E-state index contributed by atoms with van der Waals surface area (Å²) >= 11 is 6.08. The van der Waals surface area contributed by atoms with Crippen molar-refractivity contribution in [1.29, 1.82) is 0 Å². The third-order valence-electron chi connectivity index (χ3n) is 4.11. The molecule has 1 amide bonds. The Labute approximate surface area is 138 Å². The van der Waals surface area contributed by atoms with E-state index in [1.54, 1.807) is 4.68 Å². The van der Waals surface area contributed by atoms with E-state index in [-0.39, 0.29) is 11.3 Å². The highest BCUT2D eigenvalue weighted by Crippen LogP contribution is 2.28. The zero-order valence-corrected chi connectivity index (χ0v) is 13.0. The smallest absolute Gasteiger partial charge is 0.226 e. The largest absolute Gasteiger partial charge is 0.378 e. The highest BCUT2D eigenvalue weighted by atomic mass is 35.5. The average Bonchev–Trinajstić information content (AvgIpc) is 2.89. The molecule has 0 bridgehead atoms. The molecule has 0 unspecified atom stereocenters. The van der Waals surface area contributed by atoms with Crippen LogP contribution in [0.2, 0.25) is 5.28 Å². The number of fused-ring (bicyclic) bond motifs is 1. The van der Waals surface area contributed by atoms with Gasteiger partial charge in [0.05, 0.1) is 19.3 Å². The van der Waals surface area contributed by atoms with Gasteiger partial charge in [0, 0.05) is 26.2 Å². The Hall–Kier alpha value is -1.94. The second kappa shape index (κ2) is 5.61. The second-order valence-corrected chi connectivity index (χ2v) is 5.86. The molecular formula is C12H13BClN7O2. The lowest BCUT2D eigenvalue weighted by molar-refractivity contribution is 0.122. The molecule has 0 N–H and O–H groups in total. The van der Waals surface area contributed by atoms with Crippen molar-refractivity contribution in [1.82, 2.24) is 29.9 Å². The molecule has 2 aliphatic rings. The topological polar surface area (TPSA) is 89.3 Å². The molecule has 4 heterocycles. The van der Waals surface area contributed by atoms with Crippen LogP contribution in [0, 0.1) is 0 Å². The second-order valence-electron chi connectivity index (χ2n) is 5.52. The van der Waals surface area contributed by atoms with E-state index in [1.165, 1.54) is 4.90 Å². The first-order valence-corrected chi connectivity index (χ1v) is 7.67. The van der Waals surface area contributed by atoms with E-state index in [9.17, 15) is 4.79 Å². The fourth-order valence-electron chi connectivity index (χ4n) is 2.82. The van der Waals surface area contributed by atoms with Gasteiger partial charge in [-0.2, -0.15) is 9.97 Å². The first kappa shape index (κ1) is 14.6. The number of ether oxygens (including phenoxy) is 1. The Morgan fingerprint density at radius 3 is 2.70 bits per heavy atom. The van der Waals surface area contributed by atoms with Crippen LogP contribution >= 0.6 is 11.6 Å². The summed E-state index contributed by atoms with van der Waals surface area (Å²) < 4.78 is 7.05. The standard InChI is InChI=1S/C12H13BClN7O2/c13-11(22)20-5-7(6-20)21-10-8(17-18-21)9(15-12(14)16-10)19-1-3-23-4-2-19/h7H,1-6H2. The van der Waals surface area contributed by atoms with Crippen LogP contribution in [0.4, 0.5) is 10.6 Å². The van der Waals surface area contributed by atoms with Crippen molar-refractivity contribution in [2.75, 3.05) is 44.3 Å². The Balaban J connectivity index is 1.69. The van der Waals surface area contributed by atoms with E-state index in [0.29, 0.717) is 56.4 Å². The van der Waals surface area contributed by atoms with E-state index in [4.69, 9.17) is 24.2 Å². The maximum atomic E-state index is 11.1. The van der Waals surface area contributed by atoms with Gasteiger partial charge in [0.2, 0.25) is 13.1 Å². The Morgan fingerprint density at radius 2 is 2.00 bits per heavy atom. The minimum absolute atomic E-state index is 0.00370. The van der Waals surface area contributed by atoms with Gasteiger partial charge < -0.3 is 14.5 Å². The zero-order chi connectivity index (χ0) is 16.0. The average molecular weight is 334 g/mol. The number of hydrogen-bond donors (Lipinski definition) is 0. The van der Waals surface area contributed by atoms with E-state index in [0.717, 1.165) is 0 Å². The Morgan fingerprint density at radius 1 is 1.26 bits per heavy atom. The van der Waals surface area contributed by atoms with Crippen LogP contribution in [0.5, 0.6) is 0 Å². The first-order valence-electron chi connectivity index (χ1n) is 7.29. The van der Waals surface area contributed by atoms with Gasteiger partial charge in [-0.3, -0.25) is 4.79 Å². The van der Waals surface area contributed by atoms with Gasteiger partial charge in [-0.25, -0.2) is 4.68 Å². The molecule has 0 atom stereocenters. The third kappa shape index (κ3) is 2.51. The van der Waals surface area contributed by atoms with Gasteiger partial charge in [0.25, 0.3) is 0 Å². The van der Waals surface area contributed by atoms with Crippen LogP contribution in [-0.2, 0) is 4.74 Å². The number of carbonyl (C=O) groups is 1. The van der Waals surface area contributed by atoms with Gasteiger partial charge in [-0.05, 0) is 11.6 Å². The molecule has 0 spiro atoms. The normalized spacial score (nSPS) is 19.2. The molecule has 2 aromatic heterocycles. The van der Waals surface area contributed by atoms with Crippen LogP contribution in [0.25, 0.3) is 11.2 Å². The SMILES string of the molecule is [B]C(=O)N1CC(n2nnc3c(N4CCOCC4)nc(Cl)nc32)C1. The number of likely N-dealkylation sites (tertiary alicyclic amines) is 1. The van der Waals surface area contributed by atoms with E-state index < -0.39 is 5.81 Å². The van der Waals surface area contributed by atoms with Crippen molar-refractivity contribution in [2.24, 2.45) is 0 Å². The fraction of sp³-hybridized carbons (Fsp3) is 0.583. The number of halogens is 1. The van der Waals surface area contributed by atoms with Gasteiger partial charge in [-0.15, -0.1) is 5.10 Å². The Kier molecular flexibility index (Phi) is 3.57. The molecule has 9 nitrogen and oxygen atoms in total. The molecule has 2 fully saturated rings. The lowest BCUT2D eigenvalue weighted by Gasteiger charge is -2.38. The van der Waals surface area contributed by atoms with Crippen molar-refractivity contribution in [3.05, 3.63) is 5.28 Å². The van der Waals surface area contributed by atoms with E-state index >= 15 is 0 Å². The van der Waals surface area contributed by atoms with Crippen LogP contribution in [0.3, 0.4) is 0 Å². The molecule has 23 heavy (non-hydrogen) atoms. The number of aromatic nitrogens is 5. The third-order valence-corrected chi connectivity index (χ3v) is 4.28. The maximum Gasteiger partial charge on any atom is 0.226 e. The molecule has 118 valence electrons. The number of morpholine rings is 1. The number of rotatable bonds is 2. The number of nitrogens with zero attached hydrogens (tertiary/aromatic N) is 7. The van der Waals surface area contributed by atoms with Crippen LogP contribution in [0.15, 0.2) is 0 Å². The highest BCUT2D eigenvalue weighted by molar-refractivity contribution is 6.57. The van der Waals surface area contributed by atoms with Crippen molar-refractivity contribution in [3.8, 4) is 0 Å². The summed E-state index contributed by atoms with van der Waals surface area (Å²) in [5.41, 5.74) is 1.18. The summed E-state index contributed by atoms with van der Waals surface area (Å²) in [6.07, 6.45) is 0. The molecule has 0 aliphatic carbocycles. The van der Waals surface area contributed by atoms with E-state index in [1.807, 2.05) is 0 Å². The number of hydrogen-bond acceptors (Lipinski definition) is 7. The van der Waals surface area contributed by atoms with Gasteiger partial charge in [0.1, 0.15) is 0 Å². The minimum Gasteiger partial charge on any atom is -0.378 e. The summed E-state index contributed by atoms with van der Waals surface area (Å²) in [6, 6.07) is -0.00370. The fourth-order valence-corrected chi connectivity index (χ4v) is 2.98. The molecule has 0 aromatic carbocycles. The summed E-state index contributed by atoms with van der Waals surface area (Å²) in [5.74, 6) is 0.230. The molecular weight excluding hydrogens is 320 g/mol. The Bertz CT molecular complexity index is 757. The van der Waals surface area contributed by atoms with Crippen LogP contribution in [-0.4, -0.2) is 82.9 Å². The molecule has 11 heteroatoms. The zero-order valence-electron chi connectivity index (χ0n) is 12.2. The molecule has 0 saturated carbocycles. The summed E-state index contributed by atoms with van der Waals surface area (Å²) in [4.78, 5) is 23.3.